The van der Waals surface area contributed by atoms with Gasteiger partial charge in [-0.1, -0.05) is 135 Å². The van der Waals surface area contributed by atoms with Crippen molar-refractivity contribution in [2.45, 2.75) is 24.8 Å². The van der Waals surface area contributed by atoms with E-state index in [2.05, 4.69) is 91.3 Å². The number of benzene rings is 5. The maximum absolute atomic E-state index is 15.5. The highest BCUT2D eigenvalue weighted by Crippen LogP contribution is 2.51. The van der Waals surface area contributed by atoms with E-state index >= 15 is 8.78 Å². The summed E-state index contributed by atoms with van der Waals surface area (Å²) < 4.78 is 31.0. The fourth-order valence-corrected chi connectivity index (χ4v) is 6.97. The van der Waals surface area contributed by atoms with Crippen LogP contribution in [0.4, 0.5) is 8.78 Å². The summed E-state index contributed by atoms with van der Waals surface area (Å²) in [6.45, 7) is 8.13. The maximum Gasteiger partial charge on any atom is 0.299 e. The van der Waals surface area contributed by atoms with Crippen molar-refractivity contribution in [1.29, 1.82) is 0 Å². The van der Waals surface area contributed by atoms with Gasteiger partial charge in [0.2, 0.25) is 0 Å². The van der Waals surface area contributed by atoms with Crippen LogP contribution in [-0.4, -0.2) is 11.9 Å². The summed E-state index contributed by atoms with van der Waals surface area (Å²) >= 11 is 0. The second kappa shape index (κ2) is 12.3. The Kier molecular flexibility index (Phi) is 7.64. The van der Waals surface area contributed by atoms with E-state index in [-0.39, 0.29) is 17.2 Å². The van der Waals surface area contributed by atoms with E-state index in [9.17, 15) is 0 Å². The monoisotopic (exact) mass is 640 g/mol. The van der Waals surface area contributed by atoms with Crippen molar-refractivity contribution in [2.24, 2.45) is 4.99 Å². The number of nitrogens with one attached hydrogen (secondary N) is 1. The zero-order chi connectivity index (χ0) is 33.5. The molecule has 5 aromatic carbocycles. The van der Waals surface area contributed by atoms with Crippen LogP contribution >= 0.6 is 0 Å². The minimum Gasteiger partial charge on any atom is -0.359 e. The summed E-state index contributed by atoms with van der Waals surface area (Å²) in [7, 11) is 0. The highest BCUT2D eigenvalue weighted by atomic mass is 19.3. The summed E-state index contributed by atoms with van der Waals surface area (Å²) in [5.74, 6) is -2.26. The quantitative estimate of drug-likeness (QED) is 0.176. The molecule has 238 valence electrons. The number of rotatable bonds is 7. The minimum atomic E-state index is -3.03. The lowest BCUT2D eigenvalue weighted by Crippen LogP contribution is -2.37. The maximum atomic E-state index is 15.5. The van der Waals surface area contributed by atoms with Crippen LogP contribution in [0.5, 0.6) is 0 Å². The number of halogens is 2. The van der Waals surface area contributed by atoms with E-state index in [1.165, 1.54) is 17.2 Å². The Hall–Kier alpha value is -5.87. The summed E-state index contributed by atoms with van der Waals surface area (Å²) in [4.78, 5) is 5.11. The first-order valence-electron chi connectivity index (χ1n) is 16.6. The van der Waals surface area contributed by atoms with Gasteiger partial charge in [-0.05, 0) is 86.9 Å². The van der Waals surface area contributed by atoms with E-state index < -0.39 is 5.92 Å². The van der Waals surface area contributed by atoms with Gasteiger partial charge < -0.3 is 5.32 Å². The number of hydrogen-bond acceptors (Lipinski definition) is 2. The zero-order valence-corrected chi connectivity index (χ0v) is 27.0. The van der Waals surface area contributed by atoms with E-state index in [4.69, 9.17) is 4.99 Å². The van der Waals surface area contributed by atoms with E-state index in [1.807, 2.05) is 42.5 Å². The Labute approximate surface area is 285 Å². The molecule has 1 unspecified atom stereocenters. The molecule has 1 aliphatic heterocycles. The van der Waals surface area contributed by atoms with Gasteiger partial charge in [0.1, 0.15) is 5.84 Å². The Bertz CT molecular complexity index is 2310. The van der Waals surface area contributed by atoms with Gasteiger partial charge >= 0.3 is 0 Å². The topological polar surface area (TPSA) is 24.4 Å². The average Bonchev–Trinajstić information content (AvgIpc) is 3.39. The van der Waals surface area contributed by atoms with Crippen molar-refractivity contribution in [3.8, 4) is 22.3 Å². The van der Waals surface area contributed by atoms with Gasteiger partial charge in [-0.3, -0.25) is 0 Å². The van der Waals surface area contributed by atoms with Crippen LogP contribution in [0.3, 0.4) is 0 Å². The SMILES string of the molecule is C=C/C=C\C(=C)C1C=C(c2ccc3ccc(-c4ccc5c(c4)C(F)(F)c4ccccc4-5)cc3c2)N=C(c2ccc(C3=CC=CCC3)cc2)N1. The van der Waals surface area contributed by atoms with E-state index in [0.717, 1.165) is 63.0 Å². The smallest absolute Gasteiger partial charge is 0.299 e. The van der Waals surface area contributed by atoms with Crippen molar-refractivity contribution in [2.75, 3.05) is 0 Å². The second-order valence-corrected chi connectivity index (χ2v) is 12.7. The summed E-state index contributed by atoms with van der Waals surface area (Å²) in [6, 6.07) is 33.0. The van der Waals surface area contributed by atoms with Gasteiger partial charge in [-0.15, -0.1) is 0 Å². The van der Waals surface area contributed by atoms with Gasteiger partial charge in [-0.25, -0.2) is 4.99 Å². The first kappa shape index (κ1) is 30.5. The number of nitrogens with zero attached hydrogens (tertiary/aromatic N) is 1. The highest BCUT2D eigenvalue weighted by Gasteiger charge is 2.44. The van der Waals surface area contributed by atoms with Crippen molar-refractivity contribution < 1.29 is 8.78 Å². The van der Waals surface area contributed by atoms with Crippen LogP contribution in [0.2, 0.25) is 0 Å². The molecule has 1 N–H and O–H groups in total. The number of hydrogen-bond donors (Lipinski definition) is 1. The van der Waals surface area contributed by atoms with Gasteiger partial charge in [-0.2, -0.15) is 8.78 Å². The van der Waals surface area contributed by atoms with Crippen LogP contribution in [0.1, 0.15) is 40.7 Å². The standard InChI is InChI=1S/C45H34F2N2/c1-3-4-10-29(2)42-28-43(49-44(48-42)33-19-15-31(16-20-33)30-11-6-5-7-12-30)36-22-18-32-17-21-34(25-37(32)26-36)35-23-24-39-38-13-8-9-14-40(38)45(46,47)41(39)27-35/h3-6,8-11,13-28,42H,1-2,7,12H2,(H,48,49)/b10-4-. The molecular formula is C45H34F2N2. The number of aliphatic imine (C=N–C) groups is 1. The predicted octanol–water partition coefficient (Wildman–Crippen LogP) is 11.4. The molecule has 0 radical (unpaired) electrons. The molecule has 3 aliphatic rings. The number of fused-ring (bicyclic) bond motifs is 4. The molecule has 8 rings (SSSR count). The normalized spacial score (nSPS) is 17.5. The first-order valence-corrected chi connectivity index (χ1v) is 16.6. The number of amidine groups is 1. The molecule has 0 saturated heterocycles. The average molecular weight is 641 g/mol. The zero-order valence-electron chi connectivity index (χ0n) is 27.0. The van der Waals surface area contributed by atoms with Crippen LogP contribution in [0.15, 0.2) is 169 Å². The molecule has 5 aromatic rings. The fraction of sp³-hybridized carbons (Fsp3) is 0.0889. The lowest BCUT2D eigenvalue weighted by molar-refractivity contribution is 0.0480. The van der Waals surface area contributed by atoms with Crippen molar-refractivity contribution in [3.63, 3.8) is 0 Å². The lowest BCUT2D eigenvalue weighted by atomic mass is 9.95. The third-order valence-electron chi connectivity index (χ3n) is 9.62. The summed E-state index contributed by atoms with van der Waals surface area (Å²) in [6.07, 6.45) is 16.3. The molecule has 1 heterocycles. The van der Waals surface area contributed by atoms with Gasteiger partial charge in [0.05, 0.1) is 11.7 Å². The van der Waals surface area contributed by atoms with Gasteiger partial charge in [0.15, 0.2) is 0 Å². The molecule has 0 fully saturated rings. The molecule has 1 atom stereocenters. The number of allylic oxidation sites excluding steroid dienone is 6. The van der Waals surface area contributed by atoms with E-state index in [1.54, 1.807) is 24.3 Å². The molecule has 2 nitrogen and oxygen atoms in total. The fourth-order valence-electron chi connectivity index (χ4n) is 6.97. The van der Waals surface area contributed by atoms with Gasteiger partial charge in [0, 0.05) is 22.3 Å². The van der Waals surface area contributed by atoms with Crippen molar-refractivity contribution in [1.82, 2.24) is 5.32 Å². The van der Waals surface area contributed by atoms with Crippen LogP contribution in [-0.2, 0) is 5.92 Å². The van der Waals surface area contributed by atoms with Crippen molar-refractivity contribution in [3.05, 3.63) is 192 Å². The summed E-state index contributed by atoms with van der Waals surface area (Å²) in [5.41, 5.74) is 9.18. The summed E-state index contributed by atoms with van der Waals surface area (Å²) in [5, 5.41) is 5.64. The molecule has 0 saturated carbocycles. The van der Waals surface area contributed by atoms with Crippen LogP contribution < -0.4 is 5.32 Å². The van der Waals surface area contributed by atoms with E-state index in [0.29, 0.717) is 11.1 Å². The van der Waals surface area contributed by atoms with Crippen LogP contribution in [0, 0.1) is 0 Å². The van der Waals surface area contributed by atoms with Crippen LogP contribution in [0.25, 0.3) is 44.3 Å². The number of alkyl halides is 2. The molecule has 4 heteroatoms. The Morgan fingerprint density at radius 3 is 2.27 bits per heavy atom. The molecule has 0 aromatic heterocycles. The second-order valence-electron chi connectivity index (χ2n) is 12.7. The Morgan fingerprint density at radius 1 is 0.776 bits per heavy atom. The minimum absolute atomic E-state index is 0.0545. The molecular weight excluding hydrogens is 607 g/mol. The molecule has 0 spiro atoms. The molecule has 0 bridgehead atoms. The Balaban J connectivity index is 1.15. The van der Waals surface area contributed by atoms with Gasteiger partial charge in [0.25, 0.3) is 5.92 Å². The Morgan fingerprint density at radius 2 is 1.47 bits per heavy atom. The highest BCUT2D eigenvalue weighted by molar-refractivity contribution is 6.04. The third kappa shape index (κ3) is 5.59. The third-order valence-corrected chi connectivity index (χ3v) is 9.62. The lowest BCUT2D eigenvalue weighted by Gasteiger charge is -2.25. The first-order chi connectivity index (χ1) is 23.9. The van der Waals surface area contributed by atoms with Crippen molar-refractivity contribution >= 4 is 27.9 Å². The predicted molar refractivity (Wildman–Crippen MR) is 201 cm³/mol. The largest absolute Gasteiger partial charge is 0.359 e. The molecule has 2 aliphatic carbocycles. The molecule has 0 amide bonds. The molecule has 49 heavy (non-hydrogen) atoms.